The number of nitrogens with zero attached hydrogens (tertiary/aromatic N) is 2. The highest BCUT2D eigenvalue weighted by Gasteiger charge is 2.26. The normalized spacial score (nSPS) is 11.7. The van der Waals surface area contributed by atoms with E-state index in [1.807, 2.05) is 30.3 Å². The van der Waals surface area contributed by atoms with Gasteiger partial charge in [-0.15, -0.1) is 0 Å². The molecule has 4 heteroatoms. The van der Waals surface area contributed by atoms with Crippen molar-refractivity contribution >= 4 is 106 Å². The van der Waals surface area contributed by atoms with Crippen LogP contribution in [0, 0.1) is 20.8 Å². The first kappa shape index (κ1) is 34.7. The molecule has 11 aromatic rings. The Kier molecular flexibility index (Phi) is 7.95. The topological polar surface area (TPSA) is 32.8 Å². The number of para-hydroxylation sites is 6. The van der Waals surface area contributed by atoms with Gasteiger partial charge in [0.15, 0.2) is 11.2 Å². The zero-order valence-electron chi connectivity index (χ0n) is 33.2. The molecule has 2 heterocycles. The third-order valence-electron chi connectivity index (χ3n) is 12.0. The molecule has 9 aromatic carbocycles. The second-order valence-corrected chi connectivity index (χ2v) is 15.4. The highest BCUT2D eigenvalue weighted by molar-refractivity contribution is 6.20. The number of anilines is 6. The predicted octanol–water partition coefficient (Wildman–Crippen LogP) is 16.3. The maximum Gasteiger partial charge on any atom is 0.159 e. The average molecular weight is 761 g/mol. The van der Waals surface area contributed by atoms with Crippen molar-refractivity contribution in [2.75, 3.05) is 9.80 Å². The fourth-order valence-electron chi connectivity index (χ4n) is 9.26. The van der Waals surface area contributed by atoms with E-state index in [-0.39, 0.29) is 0 Å². The molecular weight excluding hydrogens is 721 g/mol. The Morgan fingerprint density at radius 1 is 0.373 bits per heavy atom. The molecule has 0 saturated heterocycles. The van der Waals surface area contributed by atoms with Gasteiger partial charge in [0.1, 0.15) is 11.2 Å². The molecular formula is C55H40N2O2. The van der Waals surface area contributed by atoms with Gasteiger partial charge >= 0.3 is 0 Å². The lowest BCUT2D eigenvalue weighted by molar-refractivity contribution is 0.668. The molecule has 0 aliphatic heterocycles. The van der Waals surface area contributed by atoms with E-state index in [0.29, 0.717) is 0 Å². The summed E-state index contributed by atoms with van der Waals surface area (Å²) in [5.74, 6) is 0. The molecule has 0 aliphatic rings. The molecule has 0 spiro atoms. The molecule has 0 amide bonds. The first-order chi connectivity index (χ1) is 29.0. The standard InChI is InChI=1S/C55H40N2O2/c1-5-38-46(56(44-22-10-6-16-34(44)2)48-24-14-20-41-39-18-8-12-26-50(39)58-54(41)48)33-30-37-29-31-43-47(32-28-36(4)52(43)53(37)38)57(45-23-11-7-17-35(45)3)49-25-15-21-42-40-19-9-13-27-51(40)59-55(42)49/h5-33H,1H2,2-4H3. The summed E-state index contributed by atoms with van der Waals surface area (Å²) >= 11 is 0. The molecule has 59 heavy (non-hydrogen) atoms. The minimum Gasteiger partial charge on any atom is -0.454 e. The third-order valence-corrected chi connectivity index (χ3v) is 12.0. The van der Waals surface area contributed by atoms with E-state index in [1.54, 1.807) is 0 Å². The van der Waals surface area contributed by atoms with Crippen molar-refractivity contribution in [2.45, 2.75) is 20.8 Å². The number of benzene rings is 9. The molecule has 0 bridgehead atoms. The van der Waals surface area contributed by atoms with Crippen molar-refractivity contribution in [2.24, 2.45) is 0 Å². The summed E-state index contributed by atoms with van der Waals surface area (Å²) in [6, 6.07) is 60.2. The van der Waals surface area contributed by atoms with Crippen LogP contribution in [0.15, 0.2) is 185 Å². The SMILES string of the molecule is C=Cc1c(N(c2ccccc2C)c2cccc3c2oc2ccccc23)ccc2ccc3c(N(c4ccccc4C)c4cccc5c4oc4ccccc45)ccc(C)c3c12. The maximum absolute atomic E-state index is 6.71. The van der Waals surface area contributed by atoms with Gasteiger partial charge in [-0.1, -0.05) is 134 Å². The third kappa shape index (κ3) is 5.30. The average Bonchev–Trinajstić information content (AvgIpc) is 3.85. The molecule has 0 N–H and O–H groups in total. The minimum atomic E-state index is 0.845. The van der Waals surface area contributed by atoms with Crippen LogP contribution in [-0.4, -0.2) is 0 Å². The zero-order chi connectivity index (χ0) is 39.8. The zero-order valence-corrected chi connectivity index (χ0v) is 33.2. The summed E-state index contributed by atoms with van der Waals surface area (Å²) in [6.45, 7) is 11.1. The Hall–Kier alpha value is -7.56. The number of rotatable bonds is 7. The summed E-state index contributed by atoms with van der Waals surface area (Å²) in [7, 11) is 0. The van der Waals surface area contributed by atoms with Gasteiger partial charge in [0.2, 0.25) is 0 Å². The summed E-state index contributed by atoms with van der Waals surface area (Å²) < 4.78 is 13.4. The van der Waals surface area contributed by atoms with Crippen LogP contribution in [0.4, 0.5) is 34.1 Å². The Morgan fingerprint density at radius 2 is 0.847 bits per heavy atom. The van der Waals surface area contributed by atoms with Crippen LogP contribution in [0.2, 0.25) is 0 Å². The van der Waals surface area contributed by atoms with Crippen LogP contribution in [0.3, 0.4) is 0 Å². The molecule has 0 fully saturated rings. The molecule has 4 nitrogen and oxygen atoms in total. The van der Waals surface area contributed by atoms with Gasteiger partial charge in [-0.2, -0.15) is 0 Å². The lowest BCUT2D eigenvalue weighted by atomic mass is 9.91. The van der Waals surface area contributed by atoms with Gasteiger partial charge in [-0.3, -0.25) is 0 Å². The molecule has 0 radical (unpaired) electrons. The van der Waals surface area contributed by atoms with Gasteiger partial charge < -0.3 is 18.6 Å². The number of fused-ring (bicyclic) bond motifs is 9. The van der Waals surface area contributed by atoms with E-state index in [2.05, 4.69) is 183 Å². The summed E-state index contributed by atoms with van der Waals surface area (Å²) in [6.07, 6.45) is 2.03. The van der Waals surface area contributed by atoms with E-state index in [0.717, 1.165) is 111 Å². The molecule has 2 aromatic heterocycles. The smallest absolute Gasteiger partial charge is 0.159 e. The predicted molar refractivity (Wildman–Crippen MR) is 250 cm³/mol. The highest BCUT2D eigenvalue weighted by atomic mass is 16.3. The van der Waals surface area contributed by atoms with E-state index >= 15 is 0 Å². The van der Waals surface area contributed by atoms with Gasteiger partial charge in [0.25, 0.3) is 0 Å². The molecule has 11 rings (SSSR count). The number of hydrogen-bond acceptors (Lipinski definition) is 4. The van der Waals surface area contributed by atoms with Crippen molar-refractivity contribution in [1.82, 2.24) is 0 Å². The van der Waals surface area contributed by atoms with Gasteiger partial charge in [0, 0.05) is 43.9 Å². The van der Waals surface area contributed by atoms with Crippen LogP contribution >= 0.6 is 0 Å². The summed E-state index contributed by atoms with van der Waals surface area (Å²) in [4.78, 5) is 4.74. The minimum absolute atomic E-state index is 0.845. The first-order valence-corrected chi connectivity index (χ1v) is 20.1. The molecule has 0 aliphatic carbocycles. The van der Waals surface area contributed by atoms with Crippen molar-refractivity contribution in [3.63, 3.8) is 0 Å². The van der Waals surface area contributed by atoms with Crippen molar-refractivity contribution < 1.29 is 8.83 Å². The second kappa shape index (κ2) is 13.5. The molecule has 0 atom stereocenters. The van der Waals surface area contributed by atoms with E-state index in [9.17, 15) is 0 Å². The van der Waals surface area contributed by atoms with E-state index in [4.69, 9.17) is 8.83 Å². The van der Waals surface area contributed by atoms with Crippen LogP contribution in [0.1, 0.15) is 22.3 Å². The monoisotopic (exact) mass is 760 g/mol. The van der Waals surface area contributed by atoms with Gasteiger partial charge in [-0.25, -0.2) is 0 Å². The fraction of sp³-hybridized carbons (Fsp3) is 0.0545. The highest BCUT2D eigenvalue weighted by Crippen LogP contribution is 2.50. The van der Waals surface area contributed by atoms with Gasteiger partial charge in [0.05, 0.1) is 22.7 Å². The first-order valence-electron chi connectivity index (χ1n) is 20.1. The molecule has 0 saturated carbocycles. The Labute approximate surface area is 342 Å². The van der Waals surface area contributed by atoms with E-state index < -0.39 is 0 Å². The van der Waals surface area contributed by atoms with Crippen LogP contribution < -0.4 is 9.80 Å². The second-order valence-electron chi connectivity index (χ2n) is 15.4. The Morgan fingerprint density at radius 3 is 1.42 bits per heavy atom. The number of aryl methyl sites for hydroxylation is 3. The van der Waals surface area contributed by atoms with Crippen molar-refractivity contribution in [3.05, 3.63) is 199 Å². The van der Waals surface area contributed by atoms with Crippen LogP contribution in [0.25, 0.3) is 71.5 Å². The number of furan rings is 2. The van der Waals surface area contributed by atoms with Crippen molar-refractivity contribution in [3.8, 4) is 0 Å². The molecule has 0 unspecified atom stereocenters. The van der Waals surface area contributed by atoms with Crippen LogP contribution in [-0.2, 0) is 0 Å². The largest absolute Gasteiger partial charge is 0.454 e. The van der Waals surface area contributed by atoms with Gasteiger partial charge in [-0.05, 0) is 102 Å². The number of hydrogen-bond donors (Lipinski definition) is 0. The Bertz CT molecular complexity index is 3480. The Balaban J connectivity index is 1.21. The fourth-order valence-corrected chi connectivity index (χ4v) is 9.26. The van der Waals surface area contributed by atoms with Crippen molar-refractivity contribution in [1.29, 1.82) is 0 Å². The summed E-state index contributed by atoms with van der Waals surface area (Å²) in [5.41, 5.74) is 14.2. The maximum atomic E-state index is 6.71. The van der Waals surface area contributed by atoms with Crippen LogP contribution in [0.5, 0.6) is 0 Å². The quantitative estimate of drug-likeness (QED) is 0.151. The summed E-state index contributed by atoms with van der Waals surface area (Å²) in [5, 5.41) is 8.99. The molecule has 282 valence electrons. The lowest BCUT2D eigenvalue weighted by Crippen LogP contribution is -2.13. The van der Waals surface area contributed by atoms with E-state index in [1.165, 1.54) is 10.9 Å². The lowest BCUT2D eigenvalue weighted by Gasteiger charge is -2.30.